The molecule has 1 heterocycles. The number of thioether (sulfide) groups is 1. The minimum Gasteiger partial charge on any atom is -0.388 e. The Labute approximate surface area is 108 Å². The molecule has 2 unspecified atom stereocenters. The number of aromatic nitrogens is 2. The van der Waals surface area contributed by atoms with E-state index in [2.05, 4.69) is 15.3 Å². The fourth-order valence-corrected chi connectivity index (χ4v) is 1.62. The van der Waals surface area contributed by atoms with Crippen LogP contribution in [0, 0.1) is 0 Å². The highest BCUT2D eigenvalue weighted by Gasteiger charge is 2.21. The average molecular weight is 273 g/mol. The van der Waals surface area contributed by atoms with Crippen molar-refractivity contribution in [3.8, 4) is 0 Å². The Morgan fingerprint density at radius 3 is 2.78 bits per heavy atom. The van der Waals surface area contributed by atoms with Crippen LogP contribution in [0.1, 0.15) is 18.6 Å². The average Bonchev–Trinajstić information content (AvgIpc) is 2.34. The van der Waals surface area contributed by atoms with Crippen LogP contribution < -0.4 is 10.9 Å². The molecule has 1 amide bonds. The Morgan fingerprint density at radius 1 is 1.61 bits per heavy atom. The molecule has 0 radical (unpaired) electrons. The lowest BCUT2D eigenvalue weighted by Crippen LogP contribution is -2.36. The van der Waals surface area contributed by atoms with E-state index in [0.29, 0.717) is 5.16 Å². The first-order valence-corrected chi connectivity index (χ1v) is 6.42. The summed E-state index contributed by atoms with van der Waals surface area (Å²) in [5, 5.41) is 22.2. The smallest absolute Gasteiger partial charge is 0.257 e. The zero-order valence-electron chi connectivity index (χ0n) is 10.0. The minimum absolute atomic E-state index is 0.0364. The molecular weight excluding hydrogens is 258 g/mol. The number of rotatable bonds is 5. The lowest BCUT2D eigenvalue weighted by atomic mass is 10.1. The Hall–Kier alpha value is -1.38. The van der Waals surface area contributed by atoms with Crippen LogP contribution >= 0.6 is 11.8 Å². The van der Waals surface area contributed by atoms with Gasteiger partial charge in [-0.05, 0) is 6.26 Å². The summed E-state index contributed by atoms with van der Waals surface area (Å²) in [4.78, 5) is 28.7. The van der Waals surface area contributed by atoms with Crippen LogP contribution in [0.25, 0.3) is 0 Å². The highest BCUT2D eigenvalue weighted by Crippen LogP contribution is 2.13. The summed E-state index contributed by atoms with van der Waals surface area (Å²) in [5.41, 5.74) is -0.547. The van der Waals surface area contributed by atoms with E-state index in [4.69, 9.17) is 0 Å². The lowest BCUT2D eigenvalue weighted by Gasteiger charge is -2.17. The number of nitrogens with one attached hydrogen (secondary N) is 2. The Bertz CT molecular complexity index is 476. The predicted molar refractivity (Wildman–Crippen MR) is 66.3 cm³/mol. The quantitative estimate of drug-likeness (QED) is 0.405. The highest BCUT2D eigenvalue weighted by atomic mass is 32.2. The van der Waals surface area contributed by atoms with E-state index in [-0.39, 0.29) is 18.0 Å². The van der Waals surface area contributed by atoms with Gasteiger partial charge in [0.05, 0.1) is 5.56 Å². The molecule has 4 N–H and O–H groups in total. The lowest BCUT2D eigenvalue weighted by molar-refractivity contribution is -0.119. The van der Waals surface area contributed by atoms with Gasteiger partial charge in [-0.2, -0.15) is 0 Å². The van der Waals surface area contributed by atoms with E-state index in [1.54, 1.807) is 6.26 Å². The van der Waals surface area contributed by atoms with E-state index in [0.717, 1.165) is 0 Å². The SMILES string of the molecule is CSc1ncc(C(O)C(O)CNC(C)=O)c(=O)[nH]1. The van der Waals surface area contributed by atoms with E-state index in [9.17, 15) is 19.8 Å². The molecule has 1 aromatic heterocycles. The van der Waals surface area contributed by atoms with Crippen molar-refractivity contribution < 1.29 is 15.0 Å². The fourth-order valence-electron chi connectivity index (χ4n) is 1.27. The first kappa shape index (κ1) is 14.7. The first-order valence-electron chi connectivity index (χ1n) is 5.19. The zero-order chi connectivity index (χ0) is 13.7. The first-order chi connectivity index (χ1) is 8.45. The van der Waals surface area contributed by atoms with Crippen LogP contribution in [0.4, 0.5) is 0 Å². The molecule has 18 heavy (non-hydrogen) atoms. The summed E-state index contributed by atoms with van der Waals surface area (Å²) >= 11 is 1.26. The third-order valence-electron chi connectivity index (χ3n) is 2.24. The summed E-state index contributed by atoms with van der Waals surface area (Å²) < 4.78 is 0. The molecule has 100 valence electrons. The van der Waals surface area contributed by atoms with Crippen molar-refractivity contribution in [3.63, 3.8) is 0 Å². The van der Waals surface area contributed by atoms with Crippen molar-refractivity contribution in [1.82, 2.24) is 15.3 Å². The van der Waals surface area contributed by atoms with Gasteiger partial charge in [0, 0.05) is 19.7 Å². The van der Waals surface area contributed by atoms with E-state index < -0.39 is 17.8 Å². The van der Waals surface area contributed by atoms with Crippen molar-refractivity contribution >= 4 is 17.7 Å². The Kier molecular flexibility index (Phi) is 5.32. The van der Waals surface area contributed by atoms with Gasteiger partial charge in [-0.1, -0.05) is 11.8 Å². The van der Waals surface area contributed by atoms with Crippen LogP contribution in [0.15, 0.2) is 16.1 Å². The van der Waals surface area contributed by atoms with Gasteiger partial charge in [0.2, 0.25) is 5.91 Å². The molecule has 7 nitrogen and oxygen atoms in total. The van der Waals surface area contributed by atoms with Crippen LogP contribution in [-0.2, 0) is 4.79 Å². The van der Waals surface area contributed by atoms with Gasteiger partial charge in [0.25, 0.3) is 5.56 Å². The van der Waals surface area contributed by atoms with Gasteiger partial charge in [0.15, 0.2) is 5.16 Å². The molecule has 0 aliphatic heterocycles. The Balaban J connectivity index is 2.80. The molecule has 0 spiro atoms. The van der Waals surface area contributed by atoms with Crippen molar-refractivity contribution in [2.75, 3.05) is 12.8 Å². The van der Waals surface area contributed by atoms with Gasteiger partial charge >= 0.3 is 0 Å². The maximum absolute atomic E-state index is 11.6. The summed E-state index contributed by atoms with van der Waals surface area (Å²) in [6, 6.07) is 0. The Morgan fingerprint density at radius 2 is 2.28 bits per heavy atom. The van der Waals surface area contributed by atoms with E-state index in [1.165, 1.54) is 24.9 Å². The maximum Gasteiger partial charge on any atom is 0.257 e. The second-order valence-corrected chi connectivity index (χ2v) is 4.42. The van der Waals surface area contributed by atoms with E-state index >= 15 is 0 Å². The number of hydrogen-bond acceptors (Lipinski definition) is 6. The molecule has 0 aromatic carbocycles. The molecule has 0 aliphatic rings. The summed E-state index contributed by atoms with van der Waals surface area (Å²) in [7, 11) is 0. The number of aromatic amines is 1. The third-order valence-corrected chi connectivity index (χ3v) is 2.83. The molecular formula is C10H15N3O4S. The number of H-pyrrole nitrogens is 1. The minimum atomic E-state index is -1.40. The summed E-state index contributed by atoms with van der Waals surface area (Å²) in [5.74, 6) is -0.328. The zero-order valence-corrected chi connectivity index (χ0v) is 10.8. The standard InChI is InChI=1S/C10H15N3O4S/c1-5(14)11-4-7(15)8(16)6-3-12-10(18-2)13-9(6)17/h3,7-8,15-16H,4H2,1-2H3,(H,11,14)(H,12,13,17). The number of carbonyl (C=O) groups excluding carboxylic acids is 1. The number of carbonyl (C=O) groups is 1. The number of aliphatic hydroxyl groups excluding tert-OH is 2. The van der Waals surface area contributed by atoms with Gasteiger partial charge in [-0.25, -0.2) is 4.98 Å². The van der Waals surface area contributed by atoms with Crippen LogP contribution in [0.3, 0.4) is 0 Å². The molecule has 8 heteroatoms. The second kappa shape index (κ2) is 6.53. The molecule has 2 atom stereocenters. The molecule has 1 aromatic rings. The number of aliphatic hydroxyl groups is 2. The van der Waals surface area contributed by atoms with Crippen molar-refractivity contribution in [3.05, 3.63) is 22.1 Å². The van der Waals surface area contributed by atoms with Crippen molar-refractivity contribution in [2.24, 2.45) is 0 Å². The highest BCUT2D eigenvalue weighted by molar-refractivity contribution is 7.98. The van der Waals surface area contributed by atoms with Gasteiger partial charge in [-0.15, -0.1) is 0 Å². The van der Waals surface area contributed by atoms with Gasteiger partial charge in [-0.3, -0.25) is 9.59 Å². The summed E-state index contributed by atoms with van der Waals surface area (Å²) in [6.45, 7) is 1.15. The third kappa shape index (κ3) is 3.83. The molecule has 0 fully saturated rings. The van der Waals surface area contributed by atoms with Crippen LogP contribution in [0.2, 0.25) is 0 Å². The summed E-state index contributed by atoms with van der Waals surface area (Å²) in [6.07, 6.45) is 0.299. The van der Waals surface area contributed by atoms with Crippen LogP contribution in [-0.4, -0.2) is 45.0 Å². The molecule has 1 rings (SSSR count). The normalized spacial score (nSPS) is 14.0. The van der Waals surface area contributed by atoms with Gasteiger partial charge in [0.1, 0.15) is 12.2 Å². The second-order valence-electron chi connectivity index (χ2n) is 3.63. The molecule has 0 saturated carbocycles. The number of nitrogens with zero attached hydrogens (tertiary/aromatic N) is 1. The molecule has 0 bridgehead atoms. The van der Waals surface area contributed by atoms with E-state index in [1.807, 2.05) is 0 Å². The molecule has 0 aliphatic carbocycles. The molecule has 0 saturated heterocycles. The maximum atomic E-state index is 11.6. The largest absolute Gasteiger partial charge is 0.388 e. The fraction of sp³-hybridized carbons (Fsp3) is 0.500. The van der Waals surface area contributed by atoms with Crippen molar-refractivity contribution in [1.29, 1.82) is 0 Å². The predicted octanol–water partition coefficient (Wildman–Crippen LogP) is -0.978. The monoisotopic (exact) mass is 273 g/mol. The van der Waals surface area contributed by atoms with Gasteiger partial charge < -0.3 is 20.5 Å². The van der Waals surface area contributed by atoms with Crippen LogP contribution in [0.5, 0.6) is 0 Å². The topological polar surface area (TPSA) is 115 Å². The number of hydrogen-bond donors (Lipinski definition) is 4. The number of amides is 1. The van der Waals surface area contributed by atoms with Crippen molar-refractivity contribution in [2.45, 2.75) is 24.3 Å².